The van der Waals surface area contributed by atoms with Crippen LogP contribution >= 0.6 is 0 Å². The Kier molecular flexibility index (Phi) is 7.31. The predicted octanol–water partition coefficient (Wildman–Crippen LogP) is 4.51. The maximum Gasteiger partial charge on any atom is 0.343 e. The average Bonchev–Trinajstić information content (AvgIpc) is 2.82. The average molecular weight is 461 g/mol. The van der Waals surface area contributed by atoms with E-state index in [0.29, 0.717) is 5.56 Å². The highest BCUT2D eigenvalue weighted by molar-refractivity contribution is 6.10. The molecule has 0 aliphatic carbocycles. The summed E-state index contributed by atoms with van der Waals surface area (Å²) in [5.41, 5.74) is -0.194. The Bertz CT molecular complexity index is 1350. The zero-order valence-corrected chi connectivity index (χ0v) is 17.7. The third kappa shape index (κ3) is 5.80. The zero-order chi connectivity index (χ0) is 24.7. The van der Waals surface area contributed by atoms with Gasteiger partial charge in [-0.25, -0.2) is 9.18 Å². The van der Waals surface area contributed by atoms with Gasteiger partial charge < -0.3 is 14.8 Å². The number of methoxy groups -OCH3 is 1. The number of non-ortho nitro benzene ring substituents is 1. The van der Waals surface area contributed by atoms with Gasteiger partial charge in [0.15, 0.2) is 0 Å². The lowest BCUT2D eigenvalue weighted by Crippen LogP contribution is -2.14. The van der Waals surface area contributed by atoms with Crippen molar-refractivity contribution in [2.75, 3.05) is 12.4 Å². The van der Waals surface area contributed by atoms with Crippen molar-refractivity contribution in [1.29, 1.82) is 5.26 Å². The fraction of sp³-hybridized carbons (Fsp3) is 0.0417. The van der Waals surface area contributed by atoms with Crippen LogP contribution in [-0.4, -0.2) is 23.9 Å². The number of carbonyl (C=O) groups excluding carboxylic acids is 2. The predicted molar refractivity (Wildman–Crippen MR) is 120 cm³/mol. The summed E-state index contributed by atoms with van der Waals surface area (Å²) in [5.74, 6) is -1.92. The number of hydrogen-bond acceptors (Lipinski definition) is 7. The quantitative estimate of drug-likeness (QED) is 0.137. The Labute approximate surface area is 192 Å². The normalized spacial score (nSPS) is 10.7. The van der Waals surface area contributed by atoms with Gasteiger partial charge in [-0.15, -0.1) is 0 Å². The number of ether oxygens (including phenoxy) is 2. The van der Waals surface area contributed by atoms with E-state index in [9.17, 15) is 29.4 Å². The van der Waals surface area contributed by atoms with E-state index in [4.69, 9.17) is 9.47 Å². The third-order valence-electron chi connectivity index (χ3n) is 4.45. The van der Waals surface area contributed by atoms with Crippen LogP contribution in [0.4, 0.5) is 15.8 Å². The van der Waals surface area contributed by atoms with Crippen LogP contribution in [0.2, 0.25) is 0 Å². The number of amides is 1. The van der Waals surface area contributed by atoms with Gasteiger partial charge in [-0.05, 0) is 48.0 Å². The molecule has 3 aromatic rings. The van der Waals surface area contributed by atoms with Gasteiger partial charge in [-0.3, -0.25) is 14.9 Å². The number of esters is 1. The Balaban J connectivity index is 1.81. The van der Waals surface area contributed by atoms with E-state index in [1.807, 2.05) is 0 Å². The number of nitriles is 1. The molecule has 0 spiro atoms. The summed E-state index contributed by atoms with van der Waals surface area (Å²) in [6.07, 6.45) is 1.25. The lowest BCUT2D eigenvalue weighted by Gasteiger charge is -2.09. The van der Waals surface area contributed by atoms with Crippen molar-refractivity contribution in [2.24, 2.45) is 0 Å². The van der Waals surface area contributed by atoms with Gasteiger partial charge in [-0.1, -0.05) is 18.2 Å². The molecule has 3 aromatic carbocycles. The lowest BCUT2D eigenvalue weighted by atomic mass is 10.1. The first-order chi connectivity index (χ1) is 16.3. The van der Waals surface area contributed by atoms with E-state index in [0.717, 1.165) is 12.1 Å². The summed E-state index contributed by atoms with van der Waals surface area (Å²) in [5, 5.41) is 22.9. The van der Waals surface area contributed by atoms with Gasteiger partial charge in [0.05, 0.1) is 23.3 Å². The van der Waals surface area contributed by atoms with Crippen LogP contribution in [0.3, 0.4) is 0 Å². The van der Waals surface area contributed by atoms with Crippen molar-refractivity contribution in [3.05, 3.63) is 99.4 Å². The number of nitrogens with one attached hydrogen (secondary N) is 1. The maximum absolute atomic E-state index is 13.3. The topological polar surface area (TPSA) is 132 Å². The van der Waals surface area contributed by atoms with E-state index < -0.39 is 22.6 Å². The number of hydrogen-bond donors (Lipinski definition) is 1. The number of nitrogens with zero attached hydrogens (tertiary/aromatic N) is 2. The molecule has 0 unspecified atom stereocenters. The molecule has 0 saturated carbocycles. The summed E-state index contributed by atoms with van der Waals surface area (Å²) in [7, 11) is 1.33. The van der Waals surface area contributed by atoms with E-state index in [-0.39, 0.29) is 34.0 Å². The van der Waals surface area contributed by atoms with Crippen molar-refractivity contribution in [1.82, 2.24) is 0 Å². The van der Waals surface area contributed by atoms with Gasteiger partial charge >= 0.3 is 5.97 Å². The van der Waals surface area contributed by atoms with Crippen LogP contribution < -0.4 is 14.8 Å². The molecule has 0 fully saturated rings. The second-order valence-electron chi connectivity index (χ2n) is 6.74. The molecule has 0 aliphatic heterocycles. The zero-order valence-electron chi connectivity index (χ0n) is 17.7. The minimum Gasteiger partial charge on any atom is -0.495 e. The van der Waals surface area contributed by atoms with Crippen molar-refractivity contribution < 1.29 is 28.4 Å². The van der Waals surface area contributed by atoms with Crippen LogP contribution in [0.15, 0.2) is 72.3 Å². The summed E-state index contributed by atoms with van der Waals surface area (Å²) in [6.45, 7) is 0. The lowest BCUT2D eigenvalue weighted by molar-refractivity contribution is -0.384. The summed E-state index contributed by atoms with van der Waals surface area (Å²) < 4.78 is 23.7. The Morgan fingerprint density at radius 1 is 1.12 bits per heavy atom. The first-order valence-corrected chi connectivity index (χ1v) is 9.64. The first kappa shape index (κ1) is 23.6. The molecule has 10 heteroatoms. The first-order valence-electron chi connectivity index (χ1n) is 9.64. The number of rotatable bonds is 7. The molecule has 3 rings (SSSR count). The fourth-order valence-electron chi connectivity index (χ4n) is 2.86. The molecule has 0 bridgehead atoms. The number of carbonyl (C=O) groups is 2. The Morgan fingerprint density at radius 2 is 1.88 bits per heavy atom. The summed E-state index contributed by atoms with van der Waals surface area (Å²) in [4.78, 5) is 35.2. The van der Waals surface area contributed by atoms with Gasteiger partial charge in [0, 0.05) is 12.1 Å². The van der Waals surface area contributed by atoms with Gasteiger partial charge in [0.25, 0.3) is 11.6 Å². The SMILES string of the molecule is COc1ccc([N+](=O)[O-])cc1NC(=O)/C(C#N)=C/c1cccc(OC(=O)c2cccc(F)c2)c1. The highest BCUT2D eigenvalue weighted by Gasteiger charge is 2.16. The molecule has 0 atom stereocenters. The Morgan fingerprint density at radius 3 is 2.56 bits per heavy atom. The van der Waals surface area contributed by atoms with Crippen LogP contribution in [0.5, 0.6) is 11.5 Å². The molecule has 0 saturated heterocycles. The van der Waals surface area contributed by atoms with Gasteiger partial charge in [-0.2, -0.15) is 5.26 Å². The third-order valence-corrected chi connectivity index (χ3v) is 4.45. The minimum absolute atomic E-state index is 0.0145. The monoisotopic (exact) mass is 461 g/mol. The Hall–Kier alpha value is -5.04. The van der Waals surface area contributed by atoms with E-state index in [2.05, 4.69) is 5.32 Å². The summed E-state index contributed by atoms with van der Waals surface area (Å²) >= 11 is 0. The van der Waals surface area contributed by atoms with Crippen LogP contribution in [0.1, 0.15) is 15.9 Å². The molecule has 34 heavy (non-hydrogen) atoms. The van der Waals surface area contributed by atoms with Gasteiger partial charge in [0.1, 0.15) is 29.0 Å². The van der Waals surface area contributed by atoms with Crippen molar-refractivity contribution in [3.8, 4) is 17.6 Å². The molecule has 9 nitrogen and oxygen atoms in total. The molecule has 0 aromatic heterocycles. The second kappa shape index (κ2) is 10.5. The van der Waals surface area contributed by atoms with Crippen molar-refractivity contribution in [2.45, 2.75) is 0 Å². The number of benzene rings is 3. The van der Waals surface area contributed by atoms with E-state index in [1.54, 1.807) is 12.1 Å². The molecule has 170 valence electrons. The molecular weight excluding hydrogens is 445 g/mol. The van der Waals surface area contributed by atoms with Crippen molar-refractivity contribution >= 4 is 29.3 Å². The number of nitro groups is 1. The maximum atomic E-state index is 13.3. The molecular formula is C24H16FN3O6. The highest BCUT2D eigenvalue weighted by Crippen LogP contribution is 2.29. The molecule has 1 N–H and O–H groups in total. The largest absolute Gasteiger partial charge is 0.495 e. The standard InChI is InChI=1S/C24H16FN3O6/c1-33-22-9-8-19(28(31)32)13-21(22)27-23(29)17(14-26)10-15-4-2-7-20(11-15)34-24(30)16-5-3-6-18(25)12-16/h2-13H,1H3,(H,27,29)/b17-10+. The van der Waals surface area contributed by atoms with Crippen LogP contribution in [0, 0.1) is 27.3 Å². The van der Waals surface area contributed by atoms with Gasteiger partial charge in [0.2, 0.25) is 0 Å². The van der Waals surface area contributed by atoms with E-state index in [1.165, 1.54) is 61.7 Å². The smallest absolute Gasteiger partial charge is 0.343 e. The molecule has 0 radical (unpaired) electrons. The molecule has 0 aliphatic rings. The number of nitro benzene ring substituents is 1. The van der Waals surface area contributed by atoms with Crippen LogP contribution in [-0.2, 0) is 4.79 Å². The highest BCUT2D eigenvalue weighted by atomic mass is 19.1. The molecule has 1 amide bonds. The van der Waals surface area contributed by atoms with Crippen molar-refractivity contribution in [3.63, 3.8) is 0 Å². The second-order valence-corrected chi connectivity index (χ2v) is 6.74. The van der Waals surface area contributed by atoms with Crippen LogP contribution in [0.25, 0.3) is 6.08 Å². The minimum atomic E-state index is -0.830. The van der Waals surface area contributed by atoms with E-state index >= 15 is 0 Å². The number of halogens is 1. The summed E-state index contributed by atoms with van der Waals surface area (Å²) in [6, 6.07) is 16.4. The number of anilines is 1. The molecule has 0 heterocycles. The fourth-order valence-corrected chi connectivity index (χ4v) is 2.86.